The summed E-state index contributed by atoms with van der Waals surface area (Å²) >= 11 is 3.37. The van der Waals surface area contributed by atoms with Crippen molar-refractivity contribution in [2.24, 2.45) is 0 Å². The van der Waals surface area contributed by atoms with Gasteiger partial charge in [0, 0.05) is 43.8 Å². The number of hydrogen-bond donors (Lipinski definition) is 2. The normalized spacial score (nSPS) is 10.4. The molecule has 1 heterocycles. The summed E-state index contributed by atoms with van der Waals surface area (Å²) in [5.41, 5.74) is 0.600. The monoisotopic (exact) mass is 359 g/mol. The fourth-order valence-electron chi connectivity index (χ4n) is 1.85. The van der Waals surface area contributed by atoms with E-state index in [0.29, 0.717) is 25.4 Å². The Morgan fingerprint density at radius 1 is 1.33 bits per heavy atom. The number of amides is 2. The molecule has 0 radical (unpaired) electrons. The van der Waals surface area contributed by atoms with E-state index < -0.39 is 0 Å². The third-order valence-electron chi connectivity index (χ3n) is 2.83. The SMILES string of the molecule is CCCn1cc(Br)cc1C(=O)NCCC(=O)NCCOC. The van der Waals surface area contributed by atoms with Gasteiger partial charge in [-0.3, -0.25) is 9.59 Å². The highest BCUT2D eigenvalue weighted by molar-refractivity contribution is 9.10. The quantitative estimate of drug-likeness (QED) is 0.657. The fraction of sp³-hybridized carbons (Fsp3) is 0.571. The zero-order chi connectivity index (χ0) is 15.7. The van der Waals surface area contributed by atoms with Gasteiger partial charge in [0.05, 0.1) is 6.61 Å². The molecule has 2 N–H and O–H groups in total. The molecule has 1 rings (SSSR count). The van der Waals surface area contributed by atoms with E-state index in [2.05, 4.69) is 33.5 Å². The summed E-state index contributed by atoms with van der Waals surface area (Å²) in [6, 6.07) is 1.78. The van der Waals surface area contributed by atoms with Gasteiger partial charge in [0.2, 0.25) is 5.91 Å². The summed E-state index contributed by atoms with van der Waals surface area (Å²) in [6.45, 7) is 4.12. The van der Waals surface area contributed by atoms with Gasteiger partial charge in [-0.15, -0.1) is 0 Å². The summed E-state index contributed by atoms with van der Waals surface area (Å²) < 4.78 is 7.61. The van der Waals surface area contributed by atoms with Crippen LogP contribution in [0.3, 0.4) is 0 Å². The van der Waals surface area contributed by atoms with Crippen molar-refractivity contribution in [1.82, 2.24) is 15.2 Å². The van der Waals surface area contributed by atoms with Crippen LogP contribution in [0.25, 0.3) is 0 Å². The van der Waals surface area contributed by atoms with Crippen molar-refractivity contribution in [3.63, 3.8) is 0 Å². The van der Waals surface area contributed by atoms with Crippen molar-refractivity contribution in [2.45, 2.75) is 26.3 Å². The molecule has 1 aromatic rings. The van der Waals surface area contributed by atoms with Gasteiger partial charge in [0.1, 0.15) is 5.69 Å². The number of aryl methyl sites for hydroxylation is 1. The molecule has 2 amide bonds. The van der Waals surface area contributed by atoms with E-state index >= 15 is 0 Å². The number of nitrogens with zero attached hydrogens (tertiary/aromatic N) is 1. The number of hydrogen-bond acceptors (Lipinski definition) is 3. The lowest BCUT2D eigenvalue weighted by Crippen LogP contribution is -2.32. The largest absolute Gasteiger partial charge is 0.383 e. The van der Waals surface area contributed by atoms with Crippen molar-refractivity contribution < 1.29 is 14.3 Å². The number of nitrogens with one attached hydrogen (secondary N) is 2. The van der Waals surface area contributed by atoms with Crippen LogP contribution in [0, 0.1) is 0 Å². The first-order valence-electron chi connectivity index (χ1n) is 6.98. The van der Waals surface area contributed by atoms with E-state index in [4.69, 9.17) is 4.74 Å². The minimum atomic E-state index is -0.168. The zero-order valence-electron chi connectivity index (χ0n) is 12.4. The summed E-state index contributed by atoms with van der Waals surface area (Å²) in [5, 5.41) is 5.46. The highest BCUT2D eigenvalue weighted by Gasteiger charge is 2.12. The van der Waals surface area contributed by atoms with Gasteiger partial charge in [-0.1, -0.05) is 6.92 Å². The molecule has 0 saturated carbocycles. The zero-order valence-corrected chi connectivity index (χ0v) is 14.0. The van der Waals surface area contributed by atoms with E-state index in [1.807, 2.05) is 10.8 Å². The highest BCUT2D eigenvalue weighted by Crippen LogP contribution is 2.15. The number of ether oxygens (including phenoxy) is 1. The maximum Gasteiger partial charge on any atom is 0.267 e. The smallest absolute Gasteiger partial charge is 0.267 e. The molecule has 0 atom stereocenters. The molecule has 21 heavy (non-hydrogen) atoms. The lowest BCUT2D eigenvalue weighted by Gasteiger charge is -2.09. The molecular weight excluding hydrogens is 338 g/mol. The Bertz CT molecular complexity index is 474. The van der Waals surface area contributed by atoms with Gasteiger partial charge in [-0.25, -0.2) is 0 Å². The minimum Gasteiger partial charge on any atom is -0.383 e. The van der Waals surface area contributed by atoms with Crippen LogP contribution in [0.1, 0.15) is 30.3 Å². The predicted octanol–water partition coefficient (Wildman–Crippen LogP) is 1.54. The third kappa shape index (κ3) is 6.31. The molecule has 7 heteroatoms. The first-order chi connectivity index (χ1) is 10.1. The molecule has 0 aliphatic heterocycles. The van der Waals surface area contributed by atoms with Crippen LogP contribution in [0.2, 0.25) is 0 Å². The van der Waals surface area contributed by atoms with Gasteiger partial charge in [-0.05, 0) is 28.4 Å². The molecule has 0 unspecified atom stereocenters. The first kappa shape index (κ1) is 17.7. The van der Waals surface area contributed by atoms with Crippen molar-refractivity contribution in [2.75, 3.05) is 26.8 Å². The second-order valence-electron chi connectivity index (χ2n) is 4.59. The third-order valence-corrected chi connectivity index (χ3v) is 3.26. The molecule has 1 aromatic heterocycles. The number of methoxy groups -OCH3 is 1. The van der Waals surface area contributed by atoms with Crippen molar-refractivity contribution in [3.8, 4) is 0 Å². The van der Waals surface area contributed by atoms with E-state index in [-0.39, 0.29) is 18.2 Å². The van der Waals surface area contributed by atoms with Gasteiger partial charge in [0.15, 0.2) is 0 Å². The van der Waals surface area contributed by atoms with Gasteiger partial charge >= 0.3 is 0 Å². The Morgan fingerprint density at radius 2 is 2.10 bits per heavy atom. The fourth-order valence-corrected chi connectivity index (χ4v) is 2.32. The number of rotatable bonds is 9. The highest BCUT2D eigenvalue weighted by atomic mass is 79.9. The van der Waals surface area contributed by atoms with E-state index in [1.54, 1.807) is 13.2 Å². The first-order valence-corrected chi connectivity index (χ1v) is 7.77. The molecule has 0 aliphatic carbocycles. The van der Waals surface area contributed by atoms with Crippen LogP contribution < -0.4 is 10.6 Å². The average Bonchev–Trinajstić information content (AvgIpc) is 2.80. The lowest BCUT2D eigenvalue weighted by molar-refractivity contribution is -0.121. The Balaban J connectivity index is 2.38. The molecule has 6 nitrogen and oxygen atoms in total. The molecule has 118 valence electrons. The topological polar surface area (TPSA) is 72.4 Å². The van der Waals surface area contributed by atoms with Crippen LogP contribution >= 0.6 is 15.9 Å². The molecule has 0 fully saturated rings. The maximum atomic E-state index is 12.1. The Hall–Kier alpha value is -1.34. The summed E-state index contributed by atoms with van der Waals surface area (Å²) in [5.74, 6) is -0.267. The van der Waals surface area contributed by atoms with E-state index in [9.17, 15) is 9.59 Å². The van der Waals surface area contributed by atoms with Gasteiger partial charge in [0.25, 0.3) is 5.91 Å². The molecule has 0 aromatic carbocycles. The van der Waals surface area contributed by atoms with Crippen molar-refractivity contribution >= 4 is 27.7 Å². The maximum absolute atomic E-state index is 12.1. The van der Waals surface area contributed by atoms with Crippen molar-refractivity contribution in [3.05, 3.63) is 22.4 Å². The summed E-state index contributed by atoms with van der Waals surface area (Å²) in [6.07, 6.45) is 3.09. The van der Waals surface area contributed by atoms with E-state index in [0.717, 1.165) is 17.4 Å². The number of carbonyl (C=O) groups excluding carboxylic acids is 2. The molecular formula is C14H22BrN3O3. The van der Waals surface area contributed by atoms with Crippen molar-refractivity contribution in [1.29, 1.82) is 0 Å². The predicted molar refractivity (Wildman–Crippen MR) is 84.3 cm³/mol. The number of aromatic nitrogens is 1. The Kier molecular flexibility index (Phi) is 8.07. The van der Waals surface area contributed by atoms with Crippen LogP contribution in [-0.4, -0.2) is 43.2 Å². The van der Waals surface area contributed by atoms with Crippen LogP contribution in [0.5, 0.6) is 0 Å². The molecule has 0 saturated heterocycles. The van der Waals surface area contributed by atoms with Gasteiger partial charge in [-0.2, -0.15) is 0 Å². The van der Waals surface area contributed by atoms with Crippen LogP contribution in [0.15, 0.2) is 16.7 Å². The average molecular weight is 360 g/mol. The summed E-state index contributed by atoms with van der Waals surface area (Å²) in [7, 11) is 1.58. The second-order valence-corrected chi connectivity index (χ2v) is 5.50. The van der Waals surface area contributed by atoms with Crippen LogP contribution in [-0.2, 0) is 16.1 Å². The lowest BCUT2D eigenvalue weighted by atomic mass is 10.3. The molecule has 0 aliphatic rings. The van der Waals surface area contributed by atoms with Gasteiger partial charge < -0.3 is 19.9 Å². The standard InChI is InChI=1S/C14H22BrN3O3/c1-3-7-18-10-11(15)9-12(18)14(20)17-5-4-13(19)16-6-8-21-2/h9-10H,3-8H2,1-2H3,(H,16,19)(H,17,20). The second kappa shape index (κ2) is 9.57. The van der Waals surface area contributed by atoms with Crippen LogP contribution in [0.4, 0.5) is 0 Å². The minimum absolute atomic E-state index is 0.0996. The summed E-state index contributed by atoms with van der Waals surface area (Å²) in [4.78, 5) is 23.6. The van der Waals surface area contributed by atoms with E-state index in [1.165, 1.54) is 0 Å². The number of halogens is 1. The Morgan fingerprint density at radius 3 is 2.76 bits per heavy atom. The molecule has 0 spiro atoms. The number of carbonyl (C=O) groups is 2. The molecule has 0 bridgehead atoms. The Labute approximate surface area is 133 Å².